The summed E-state index contributed by atoms with van der Waals surface area (Å²) in [6.07, 6.45) is 0. The van der Waals surface area contributed by atoms with Gasteiger partial charge in [-0.05, 0) is 31.5 Å². The van der Waals surface area contributed by atoms with Crippen LogP contribution in [0.2, 0.25) is 0 Å². The lowest BCUT2D eigenvalue weighted by atomic mass is 9.83. The highest BCUT2D eigenvalue weighted by molar-refractivity contribution is 6.10. The Morgan fingerprint density at radius 2 is 1.81 bits per heavy atom. The average molecular weight is 282 g/mol. The number of esters is 2. The molecule has 0 bridgehead atoms. The number of aryl methyl sites for hydroxylation is 1. The maximum Gasteiger partial charge on any atom is 0.333 e. The van der Waals surface area contributed by atoms with Gasteiger partial charge in [-0.2, -0.15) is 0 Å². The highest BCUT2D eigenvalue weighted by Gasteiger charge is 2.53. The van der Waals surface area contributed by atoms with Gasteiger partial charge < -0.3 is 9.47 Å². The van der Waals surface area contributed by atoms with E-state index in [1.807, 2.05) is 19.1 Å². The zero-order valence-corrected chi connectivity index (χ0v) is 11.8. The summed E-state index contributed by atoms with van der Waals surface area (Å²) in [5.74, 6) is -0.386. The third-order valence-electron chi connectivity index (χ3n) is 3.72. The Morgan fingerprint density at radius 1 is 1.10 bits per heavy atom. The molecule has 4 heteroatoms. The van der Waals surface area contributed by atoms with Gasteiger partial charge in [-0.15, -0.1) is 0 Å². The summed E-state index contributed by atoms with van der Waals surface area (Å²) in [4.78, 5) is 24.7. The van der Waals surface area contributed by atoms with Crippen molar-refractivity contribution in [2.75, 3.05) is 0 Å². The van der Waals surface area contributed by atoms with Crippen molar-refractivity contribution in [1.29, 1.82) is 0 Å². The van der Waals surface area contributed by atoms with Gasteiger partial charge in [0, 0.05) is 5.56 Å². The van der Waals surface area contributed by atoms with E-state index in [2.05, 4.69) is 0 Å². The molecule has 0 aromatic heterocycles. The molecule has 0 fully saturated rings. The van der Waals surface area contributed by atoms with Crippen molar-refractivity contribution in [2.24, 2.45) is 0 Å². The Balaban J connectivity index is 2.00. The number of fused-ring (bicyclic) bond motifs is 1. The molecule has 4 nitrogen and oxygen atoms in total. The van der Waals surface area contributed by atoms with Gasteiger partial charge in [0.25, 0.3) is 0 Å². The molecule has 106 valence electrons. The molecule has 1 atom stereocenters. The molecule has 1 aliphatic heterocycles. The van der Waals surface area contributed by atoms with Gasteiger partial charge in [0.1, 0.15) is 11.5 Å². The first-order valence-corrected chi connectivity index (χ1v) is 6.63. The Hall–Kier alpha value is -2.62. The van der Waals surface area contributed by atoms with Crippen molar-refractivity contribution in [2.45, 2.75) is 19.3 Å². The standard InChI is InChI=1S/C17H14O4/c1-11-7-6-10-13-14(11)21-16(19)17(13,2)15(18)20-12-8-4-3-5-9-12/h3-10H,1-2H3. The molecule has 0 aliphatic carbocycles. The summed E-state index contributed by atoms with van der Waals surface area (Å²) >= 11 is 0. The normalized spacial score (nSPS) is 19.8. The number of carbonyl (C=O) groups excluding carboxylic acids is 2. The maximum absolute atomic E-state index is 12.5. The Morgan fingerprint density at radius 3 is 2.52 bits per heavy atom. The molecule has 0 saturated heterocycles. The molecule has 0 spiro atoms. The van der Waals surface area contributed by atoms with E-state index in [1.165, 1.54) is 6.92 Å². The summed E-state index contributed by atoms with van der Waals surface area (Å²) in [7, 11) is 0. The van der Waals surface area contributed by atoms with Crippen LogP contribution in [0.5, 0.6) is 11.5 Å². The minimum Gasteiger partial charge on any atom is -0.425 e. The van der Waals surface area contributed by atoms with Crippen LogP contribution in [0.1, 0.15) is 18.1 Å². The van der Waals surface area contributed by atoms with Gasteiger partial charge in [-0.25, -0.2) is 0 Å². The maximum atomic E-state index is 12.5. The van der Waals surface area contributed by atoms with Crippen LogP contribution in [0.3, 0.4) is 0 Å². The highest BCUT2D eigenvalue weighted by Crippen LogP contribution is 2.42. The second kappa shape index (κ2) is 4.74. The smallest absolute Gasteiger partial charge is 0.333 e. The van der Waals surface area contributed by atoms with E-state index in [9.17, 15) is 9.59 Å². The van der Waals surface area contributed by atoms with Gasteiger partial charge in [0.15, 0.2) is 5.41 Å². The van der Waals surface area contributed by atoms with Crippen LogP contribution in [-0.2, 0) is 15.0 Å². The molecule has 0 N–H and O–H groups in total. The fourth-order valence-electron chi connectivity index (χ4n) is 2.38. The number of para-hydroxylation sites is 2. The Kier molecular flexibility index (Phi) is 3.01. The molecular weight excluding hydrogens is 268 g/mol. The summed E-state index contributed by atoms with van der Waals surface area (Å²) in [6.45, 7) is 3.37. The van der Waals surface area contributed by atoms with Crippen LogP contribution in [0.4, 0.5) is 0 Å². The summed E-state index contributed by atoms with van der Waals surface area (Å²) in [5.41, 5.74) is -0.0671. The quantitative estimate of drug-likeness (QED) is 0.483. The number of carbonyl (C=O) groups is 2. The van der Waals surface area contributed by atoms with E-state index in [0.29, 0.717) is 17.1 Å². The van der Waals surface area contributed by atoms with Crippen LogP contribution in [0.25, 0.3) is 0 Å². The number of benzene rings is 2. The van der Waals surface area contributed by atoms with E-state index >= 15 is 0 Å². The van der Waals surface area contributed by atoms with Crippen LogP contribution in [0, 0.1) is 6.92 Å². The SMILES string of the molecule is Cc1cccc2c1OC(=O)C2(C)C(=O)Oc1ccccc1. The predicted molar refractivity (Wildman–Crippen MR) is 76.2 cm³/mol. The summed E-state index contributed by atoms with van der Waals surface area (Å²) in [6, 6.07) is 14.0. The van der Waals surface area contributed by atoms with E-state index in [4.69, 9.17) is 9.47 Å². The second-order valence-electron chi connectivity index (χ2n) is 5.17. The van der Waals surface area contributed by atoms with E-state index in [-0.39, 0.29) is 0 Å². The van der Waals surface area contributed by atoms with Crippen LogP contribution < -0.4 is 9.47 Å². The van der Waals surface area contributed by atoms with Crippen LogP contribution in [0.15, 0.2) is 48.5 Å². The predicted octanol–water partition coefficient (Wildman–Crippen LogP) is 2.78. The molecule has 0 saturated carbocycles. The number of hydrogen-bond acceptors (Lipinski definition) is 4. The molecule has 3 rings (SSSR count). The van der Waals surface area contributed by atoms with E-state index in [1.54, 1.807) is 36.4 Å². The van der Waals surface area contributed by atoms with Gasteiger partial charge >= 0.3 is 11.9 Å². The number of hydrogen-bond donors (Lipinski definition) is 0. The third kappa shape index (κ3) is 2.00. The zero-order valence-electron chi connectivity index (χ0n) is 11.8. The topological polar surface area (TPSA) is 52.6 Å². The number of rotatable bonds is 2. The van der Waals surface area contributed by atoms with Crippen molar-refractivity contribution in [3.63, 3.8) is 0 Å². The van der Waals surface area contributed by atoms with Crippen molar-refractivity contribution in [3.8, 4) is 11.5 Å². The fourth-order valence-corrected chi connectivity index (χ4v) is 2.38. The molecular formula is C17H14O4. The molecule has 0 amide bonds. The van der Waals surface area contributed by atoms with Crippen LogP contribution in [-0.4, -0.2) is 11.9 Å². The minimum absolute atomic E-state index is 0.401. The molecule has 21 heavy (non-hydrogen) atoms. The first-order chi connectivity index (χ1) is 10.0. The minimum atomic E-state index is -1.43. The lowest BCUT2D eigenvalue weighted by Gasteiger charge is -2.18. The monoisotopic (exact) mass is 282 g/mol. The summed E-state index contributed by atoms with van der Waals surface area (Å²) < 4.78 is 10.6. The number of ether oxygens (including phenoxy) is 2. The van der Waals surface area contributed by atoms with Gasteiger partial charge in [-0.3, -0.25) is 9.59 Å². The van der Waals surface area contributed by atoms with Gasteiger partial charge in [0.05, 0.1) is 0 Å². The van der Waals surface area contributed by atoms with Gasteiger partial charge in [-0.1, -0.05) is 36.4 Å². The summed E-state index contributed by atoms with van der Waals surface area (Å²) in [5, 5.41) is 0. The Bertz CT molecular complexity index is 721. The molecule has 0 radical (unpaired) electrons. The fraction of sp³-hybridized carbons (Fsp3) is 0.176. The second-order valence-corrected chi connectivity index (χ2v) is 5.17. The molecule has 1 aliphatic rings. The Labute approximate surface area is 122 Å². The lowest BCUT2D eigenvalue weighted by molar-refractivity contribution is -0.151. The molecule has 2 aromatic rings. The molecule has 1 unspecified atom stereocenters. The van der Waals surface area contributed by atoms with Crippen molar-refractivity contribution < 1.29 is 19.1 Å². The first kappa shape index (κ1) is 13.4. The zero-order chi connectivity index (χ0) is 15.0. The van der Waals surface area contributed by atoms with Crippen molar-refractivity contribution in [1.82, 2.24) is 0 Å². The lowest BCUT2D eigenvalue weighted by Crippen LogP contribution is -2.41. The van der Waals surface area contributed by atoms with Gasteiger partial charge in [0.2, 0.25) is 0 Å². The van der Waals surface area contributed by atoms with E-state index in [0.717, 1.165) is 5.56 Å². The average Bonchev–Trinajstić information content (AvgIpc) is 2.75. The van der Waals surface area contributed by atoms with Crippen molar-refractivity contribution >= 4 is 11.9 Å². The highest BCUT2D eigenvalue weighted by atomic mass is 16.6. The third-order valence-corrected chi connectivity index (χ3v) is 3.72. The first-order valence-electron chi connectivity index (χ1n) is 6.63. The largest absolute Gasteiger partial charge is 0.425 e. The van der Waals surface area contributed by atoms with Crippen molar-refractivity contribution in [3.05, 3.63) is 59.7 Å². The molecule has 1 heterocycles. The molecule has 2 aromatic carbocycles. The van der Waals surface area contributed by atoms with Crippen LogP contribution >= 0.6 is 0 Å². The van der Waals surface area contributed by atoms with E-state index < -0.39 is 17.4 Å².